The summed E-state index contributed by atoms with van der Waals surface area (Å²) < 4.78 is 3.52. The Morgan fingerprint density at radius 3 is 2.89 bits per heavy atom. The van der Waals surface area contributed by atoms with E-state index in [9.17, 15) is 4.79 Å². The van der Waals surface area contributed by atoms with Crippen molar-refractivity contribution in [2.24, 2.45) is 7.05 Å². The Balaban J connectivity index is 1.89. The van der Waals surface area contributed by atoms with E-state index in [1.807, 2.05) is 10.8 Å². The highest BCUT2D eigenvalue weighted by Crippen LogP contribution is 1.98. The van der Waals surface area contributed by atoms with Gasteiger partial charge in [0, 0.05) is 39.0 Å². The number of rotatable bonds is 5. The maximum Gasteiger partial charge on any atom is 0.288 e. The molecule has 2 aromatic heterocycles. The number of hydrogen-bond donors (Lipinski definition) is 1. The fourth-order valence-electron chi connectivity index (χ4n) is 1.94. The van der Waals surface area contributed by atoms with E-state index in [0.717, 1.165) is 12.2 Å². The van der Waals surface area contributed by atoms with E-state index in [-0.39, 0.29) is 5.91 Å². The molecule has 0 fully saturated rings. The van der Waals surface area contributed by atoms with Gasteiger partial charge in [-0.05, 0) is 6.92 Å². The fourth-order valence-corrected chi connectivity index (χ4v) is 1.94. The predicted molar refractivity (Wildman–Crippen MR) is 69.7 cm³/mol. The van der Waals surface area contributed by atoms with Gasteiger partial charge in [0.1, 0.15) is 11.6 Å². The number of aromatic nitrogens is 5. The van der Waals surface area contributed by atoms with Crippen LogP contribution in [-0.4, -0.2) is 36.8 Å². The van der Waals surface area contributed by atoms with Crippen molar-refractivity contribution in [3.8, 4) is 0 Å². The number of nitrogens with one attached hydrogen (secondary N) is 1. The van der Waals surface area contributed by atoms with Crippen molar-refractivity contribution < 1.29 is 4.79 Å². The first-order valence-electron chi connectivity index (χ1n) is 6.27. The van der Waals surface area contributed by atoms with Gasteiger partial charge in [0.15, 0.2) is 0 Å². The molecule has 0 spiro atoms. The zero-order valence-electron chi connectivity index (χ0n) is 11.4. The molecule has 2 aromatic rings. The van der Waals surface area contributed by atoms with Crippen LogP contribution in [0.3, 0.4) is 0 Å². The molecule has 0 saturated carbocycles. The van der Waals surface area contributed by atoms with E-state index in [4.69, 9.17) is 0 Å². The van der Waals surface area contributed by atoms with Crippen LogP contribution in [-0.2, 0) is 20.0 Å². The smallest absolute Gasteiger partial charge is 0.288 e. The molecule has 7 heteroatoms. The summed E-state index contributed by atoms with van der Waals surface area (Å²) >= 11 is 0. The summed E-state index contributed by atoms with van der Waals surface area (Å²) in [7, 11) is 1.71. The van der Waals surface area contributed by atoms with Crippen LogP contribution >= 0.6 is 0 Å². The summed E-state index contributed by atoms with van der Waals surface area (Å²) in [5.74, 6) is 1.74. The van der Waals surface area contributed by atoms with Crippen LogP contribution in [0, 0.1) is 6.92 Å². The molecule has 2 rings (SSSR count). The van der Waals surface area contributed by atoms with Gasteiger partial charge < -0.3 is 9.88 Å². The summed E-state index contributed by atoms with van der Waals surface area (Å²) in [5, 5.41) is 6.88. The van der Waals surface area contributed by atoms with E-state index < -0.39 is 0 Å². The molecule has 0 aliphatic carbocycles. The third kappa shape index (κ3) is 2.98. The normalized spacial score (nSPS) is 10.7. The lowest BCUT2D eigenvalue weighted by atomic mass is 10.4. The van der Waals surface area contributed by atoms with E-state index in [2.05, 4.69) is 27.3 Å². The summed E-state index contributed by atoms with van der Waals surface area (Å²) in [6, 6.07) is 0. The monoisotopic (exact) mass is 262 g/mol. The SMILES string of the molecule is CCc1nccn1CCNC(=O)c1nc(C)nn1C. The first kappa shape index (κ1) is 13.3. The maximum absolute atomic E-state index is 11.9. The first-order chi connectivity index (χ1) is 9.11. The average Bonchev–Trinajstić information content (AvgIpc) is 2.95. The van der Waals surface area contributed by atoms with Crippen molar-refractivity contribution in [2.75, 3.05) is 6.54 Å². The molecular formula is C12H18N6O. The number of nitrogens with zero attached hydrogens (tertiary/aromatic N) is 5. The van der Waals surface area contributed by atoms with Gasteiger partial charge in [0.2, 0.25) is 5.82 Å². The molecule has 1 amide bonds. The van der Waals surface area contributed by atoms with Crippen LogP contribution in [0.2, 0.25) is 0 Å². The fraction of sp³-hybridized carbons (Fsp3) is 0.500. The molecule has 0 bridgehead atoms. The quantitative estimate of drug-likeness (QED) is 0.841. The molecule has 0 unspecified atom stereocenters. The van der Waals surface area contributed by atoms with Gasteiger partial charge in [-0.15, -0.1) is 0 Å². The Bertz CT molecular complexity index is 571. The van der Waals surface area contributed by atoms with Gasteiger partial charge in [-0.1, -0.05) is 6.92 Å². The standard InChI is InChI=1S/C12H18N6O/c1-4-10-13-5-7-18(10)8-6-14-12(19)11-15-9(2)16-17(11)3/h5,7H,4,6,8H2,1-3H3,(H,14,19). The summed E-state index contributed by atoms with van der Waals surface area (Å²) in [6.07, 6.45) is 4.56. The van der Waals surface area contributed by atoms with Crippen LogP contribution in [0.5, 0.6) is 0 Å². The highest BCUT2D eigenvalue weighted by atomic mass is 16.2. The molecule has 19 heavy (non-hydrogen) atoms. The highest BCUT2D eigenvalue weighted by Gasteiger charge is 2.13. The first-order valence-corrected chi connectivity index (χ1v) is 6.27. The van der Waals surface area contributed by atoms with Crippen LogP contribution in [0.15, 0.2) is 12.4 Å². The van der Waals surface area contributed by atoms with Crippen molar-refractivity contribution in [3.05, 3.63) is 29.9 Å². The maximum atomic E-state index is 11.9. The molecule has 1 N–H and O–H groups in total. The van der Waals surface area contributed by atoms with E-state index in [1.54, 1.807) is 20.2 Å². The molecule has 7 nitrogen and oxygen atoms in total. The van der Waals surface area contributed by atoms with Gasteiger partial charge in [-0.3, -0.25) is 4.79 Å². The summed E-state index contributed by atoms with van der Waals surface area (Å²) in [6.45, 7) is 5.05. The average molecular weight is 262 g/mol. The third-order valence-electron chi connectivity index (χ3n) is 2.83. The minimum atomic E-state index is -0.207. The van der Waals surface area contributed by atoms with Crippen molar-refractivity contribution in [1.82, 2.24) is 29.6 Å². The third-order valence-corrected chi connectivity index (χ3v) is 2.83. The molecule has 0 aliphatic heterocycles. The number of imidazole rings is 1. The molecule has 0 aromatic carbocycles. The second-order valence-electron chi connectivity index (χ2n) is 4.25. The van der Waals surface area contributed by atoms with Crippen molar-refractivity contribution in [3.63, 3.8) is 0 Å². The Morgan fingerprint density at radius 2 is 2.26 bits per heavy atom. The number of aryl methyl sites for hydroxylation is 3. The number of hydrogen-bond acceptors (Lipinski definition) is 4. The number of carbonyl (C=O) groups is 1. The summed E-state index contributed by atoms with van der Waals surface area (Å²) in [5.41, 5.74) is 0. The minimum absolute atomic E-state index is 0.207. The molecule has 102 valence electrons. The lowest BCUT2D eigenvalue weighted by molar-refractivity contribution is 0.0937. The van der Waals surface area contributed by atoms with Crippen molar-refractivity contribution in [1.29, 1.82) is 0 Å². The Morgan fingerprint density at radius 1 is 1.47 bits per heavy atom. The van der Waals surface area contributed by atoms with Crippen LogP contribution in [0.25, 0.3) is 0 Å². The van der Waals surface area contributed by atoms with Crippen LogP contribution < -0.4 is 5.32 Å². The molecular weight excluding hydrogens is 244 g/mol. The van der Waals surface area contributed by atoms with Crippen molar-refractivity contribution >= 4 is 5.91 Å². The van der Waals surface area contributed by atoms with E-state index in [1.165, 1.54) is 4.68 Å². The van der Waals surface area contributed by atoms with Gasteiger partial charge >= 0.3 is 0 Å². The van der Waals surface area contributed by atoms with E-state index in [0.29, 0.717) is 24.7 Å². The zero-order valence-corrected chi connectivity index (χ0v) is 11.4. The second kappa shape index (κ2) is 5.64. The molecule has 0 radical (unpaired) electrons. The lowest BCUT2D eigenvalue weighted by Gasteiger charge is -2.07. The Kier molecular flexibility index (Phi) is 3.94. The predicted octanol–water partition coefficient (Wildman–Crippen LogP) is 0.312. The summed E-state index contributed by atoms with van der Waals surface area (Å²) in [4.78, 5) is 20.2. The highest BCUT2D eigenvalue weighted by molar-refractivity contribution is 5.90. The van der Waals surface area contributed by atoms with Crippen molar-refractivity contribution in [2.45, 2.75) is 26.8 Å². The molecule has 0 saturated heterocycles. The zero-order chi connectivity index (χ0) is 13.8. The van der Waals surface area contributed by atoms with Gasteiger partial charge in [-0.2, -0.15) is 5.10 Å². The number of amides is 1. The Hall–Kier alpha value is -2.18. The largest absolute Gasteiger partial charge is 0.348 e. The van der Waals surface area contributed by atoms with E-state index >= 15 is 0 Å². The molecule has 2 heterocycles. The van der Waals surface area contributed by atoms with Gasteiger partial charge in [-0.25, -0.2) is 14.6 Å². The second-order valence-corrected chi connectivity index (χ2v) is 4.25. The van der Waals surface area contributed by atoms with Crippen LogP contribution in [0.4, 0.5) is 0 Å². The molecule has 0 aliphatic rings. The minimum Gasteiger partial charge on any atom is -0.348 e. The lowest BCUT2D eigenvalue weighted by Crippen LogP contribution is -2.29. The van der Waals surface area contributed by atoms with Gasteiger partial charge in [0.25, 0.3) is 5.91 Å². The van der Waals surface area contributed by atoms with Crippen LogP contribution in [0.1, 0.15) is 29.2 Å². The molecule has 0 atom stereocenters. The topological polar surface area (TPSA) is 77.6 Å². The van der Waals surface area contributed by atoms with Gasteiger partial charge in [0.05, 0.1) is 0 Å². The number of carbonyl (C=O) groups excluding carboxylic acids is 1. The Labute approximate surface area is 111 Å².